The van der Waals surface area contributed by atoms with Crippen LogP contribution in [0.1, 0.15) is 18.2 Å². The van der Waals surface area contributed by atoms with Crippen LogP contribution in [0.2, 0.25) is 0 Å². The van der Waals surface area contributed by atoms with Crippen LogP contribution in [0.3, 0.4) is 0 Å². The van der Waals surface area contributed by atoms with Gasteiger partial charge in [-0.1, -0.05) is 5.16 Å². The summed E-state index contributed by atoms with van der Waals surface area (Å²) in [5, 5.41) is 14.4. The van der Waals surface area contributed by atoms with Gasteiger partial charge in [0, 0.05) is 31.9 Å². The number of hydrogen-bond acceptors (Lipinski definition) is 6. The topological polar surface area (TPSA) is 117 Å². The van der Waals surface area contributed by atoms with Crippen LogP contribution in [0.5, 0.6) is 0 Å². The molecule has 1 fully saturated rings. The Kier molecular flexibility index (Phi) is 3.43. The van der Waals surface area contributed by atoms with Crippen LogP contribution < -0.4 is 11.1 Å². The maximum Gasteiger partial charge on any atom is 0.231 e. The lowest BCUT2D eigenvalue weighted by Crippen LogP contribution is -2.34. The molecule has 8 nitrogen and oxygen atoms in total. The quantitative estimate of drug-likeness (QED) is 0.566. The monoisotopic (exact) mass is 287 g/mol. The van der Waals surface area contributed by atoms with Crippen LogP contribution in [-0.4, -0.2) is 46.1 Å². The number of pyridine rings is 1. The number of likely N-dealkylation sites (tertiary alicyclic amines) is 1. The van der Waals surface area contributed by atoms with E-state index >= 15 is 0 Å². The summed E-state index contributed by atoms with van der Waals surface area (Å²) in [5.41, 5.74) is 6.30. The number of aromatic nitrogens is 3. The van der Waals surface area contributed by atoms with Gasteiger partial charge in [0.2, 0.25) is 11.7 Å². The fourth-order valence-corrected chi connectivity index (χ4v) is 2.37. The summed E-state index contributed by atoms with van der Waals surface area (Å²) >= 11 is 0. The van der Waals surface area contributed by atoms with Crippen molar-refractivity contribution in [1.82, 2.24) is 20.0 Å². The summed E-state index contributed by atoms with van der Waals surface area (Å²) in [6.45, 7) is 1.39. The summed E-state index contributed by atoms with van der Waals surface area (Å²) in [7, 11) is 1.81. The summed E-state index contributed by atoms with van der Waals surface area (Å²) < 4.78 is 5.35. The Morgan fingerprint density at radius 1 is 1.52 bits per heavy atom. The van der Waals surface area contributed by atoms with Crippen molar-refractivity contribution in [3.63, 3.8) is 0 Å². The molecule has 1 atom stereocenters. The lowest BCUT2D eigenvalue weighted by Gasteiger charge is -2.14. The van der Waals surface area contributed by atoms with Crippen molar-refractivity contribution in [2.45, 2.75) is 12.3 Å². The molecule has 3 rings (SSSR count). The van der Waals surface area contributed by atoms with E-state index in [1.54, 1.807) is 11.1 Å². The molecule has 2 aromatic rings. The molecule has 1 aliphatic rings. The lowest BCUT2D eigenvalue weighted by atomic mass is 10.1. The average molecular weight is 287 g/mol. The smallest absolute Gasteiger partial charge is 0.231 e. The molecular weight excluding hydrogens is 270 g/mol. The summed E-state index contributed by atoms with van der Waals surface area (Å²) in [6, 6.07) is 3.75. The van der Waals surface area contributed by atoms with E-state index in [-0.39, 0.29) is 11.9 Å². The highest BCUT2D eigenvalue weighted by Crippen LogP contribution is 2.27. The molecule has 8 heteroatoms. The molecule has 0 aromatic carbocycles. The average Bonchev–Trinajstić information content (AvgIpc) is 3.16. The van der Waals surface area contributed by atoms with E-state index in [4.69, 9.17) is 15.7 Å². The molecule has 3 heterocycles. The molecule has 4 N–H and O–H groups in total. The van der Waals surface area contributed by atoms with Gasteiger partial charge in [0.05, 0.1) is 5.92 Å². The van der Waals surface area contributed by atoms with Crippen LogP contribution in [-0.2, 0) is 0 Å². The Morgan fingerprint density at radius 3 is 3.00 bits per heavy atom. The molecule has 0 spiro atoms. The van der Waals surface area contributed by atoms with Crippen LogP contribution in [0.25, 0.3) is 11.4 Å². The zero-order valence-electron chi connectivity index (χ0n) is 11.7. The number of guanidine groups is 1. The number of nitrogens with zero attached hydrogens (tertiary/aromatic N) is 4. The Balaban J connectivity index is 1.75. The zero-order valence-corrected chi connectivity index (χ0v) is 11.7. The van der Waals surface area contributed by atoms with Crippen molar-refractivity contribution in [2.24, 2.45) is 5.73 Å². The van der Waals surface area contributed by atoms with Crippen molar-refractivity contribution in [3.05, 3.63) is 24.2 Å². The van der Waals surface area contributed by atoms with E-state index in [1.165, 1.54) is 0 Å². The molecule has 0 amide bonds. The molecule has 110 valence electrons. The van der Waals surface area contributed by atoms with Crippen molar-refractivity contribution in [3.8, 4) is 11.4 Å². The van der Waals surface area contributed by atoms with Crippen molar-refractivity contribution in [1.29, 1.82) is 5.41 Å². The highest BCUT2D eigenvalue weighted by Gasteiger charge is 2.29. The van der Waals surface area contributed by atoms with Crippen molar-refractivity contribution < 1.29 is 4.52 Å². The third kappa shape index (κ3) is 2.64. The minimum atomic E-state index is 0.0871. The minimum Gasteiger partial charge on any atom is -0.373 e. The predicted molar refractivity (Wildman–Crippen MR) is 77.9 cm³/mol. The third-order valence-corrected chi connectivity index (χ3v) is 3.60. The molecule has 0 saturated carbocycles. The van der Waals surface area contributed by atoms with E-state index in [2.05, 4.69) is 20.4 Å². The first-order chi connectivity index (χ1) is 10.2. The fraction of sp³-hybridized carbons (Fsp3) is 0.385. The Hall–Kier alpha value is -2.64. The Labute approximate surface area is 121 Å². The molecule has 1 saturated heterocycles. The van der Waals surface area contributed by atoms with Gasteiger partial charge in [0.15, 0.2) is 5.96 Å². The Bertz CT molecular complexity index is 636. The van der Waals surface area contributed by atoms with Crippen LogP contribution in [0.4, 0.5) is 5.82 Å². The van der Waals surface area contributed by atoms with Crippen LogP contribution in [0.15, 0.2) is 22.9 Å². The highest BCUT2D eigenvalue weighted by atomic mass is 16.5. The fourth-order valence-electron chi connectivity index (χ4n) is 2.37. The van der Waals surface area contributed by atoms with E-state index in [0.29, 0.717) is 18.3 Å². The second-order valence-corrected chi connectivity index (χ2v) is 4.96. The van der Waals surface area contributed by atoms with Crippen molar-refractivity contribution >= 4 is 11.8 Å². The molecule has 0 unspecified atom stereocenters. The van der Waals surface area contributed by atoms with Gasteiger partial charge in [-0.3, -0.25) is 5.41 Å². The van der Waals surface area contributed by atoms with Gasteiger partial charge in [-0.15, -0.1) is 0 Å². The van der Waals surface area contributed by atoms with E-state index in [1.807, 2.05) is 19.2 Å². The number of anilines is 1. The summed E-state index contributed by atoms with van der Waals surface area (Å²) in [6.07, 6.45) is 2.56. The van der Waals surface area contributed by atoms with Crippen LogP contribution in [0, 0.1) is 5.41 Å². The molecule has 0 aliphatic carbocycles. The summed E-state index contributed by atoms with van der Waals surface area (Å²) in [4.78, 5) is 10.5. The number of hydrogen-bond donors (Lipinski definition) is 3. The first-order valence-corrected chi connectivity index (χ1v) is 6.74. The maximum absolute atomic E-state index is 7.45. The standard InChI is InChI=1S/C13H17N7O/c1-16-10-3-2-8(6-17-10)11-18-12(21-19-11)9-4-5-20(7-9)13(14)15/h2-3,6,9H,4-5,7H2,1H3,(H3,14,15)(H,16,17)/t9-/m1/s1. The molecule has 0 radical (unpaired) electrons. The Morgan fingerprint density at radius 2 is 2.38 bits per heavy atom. The van der Waals surface area contributed by atoms with E-state index in [9.17, 15) is 0 Å². The number of nitrogens with two attached hydrogens (primary N) is 1. The first-order valence-electron chi connectivity index (χ1n) is 6.74. The second kappa shape index (κ2) is 5.39. The predicted octanol–water partition coefficient (Wildman–Crippen LogP) is 0.856. The van der Waals surface area contributed by atoms with Gasteiger partial charge in [-0.05, 0) is 18.6 Å². The number of nitrogens with one attached hydrogen (secondary N) is 2. The normalized spacial score (nSPS) is 18.0. The second-order valence-electron chi connectivity index (χ2n) is 4.96. The van der Waals surface area contributed by atoms with Gasteiger partial charge in [0.1, 0.15) is 5.82 Å². The minimum absolute atomic E-state index is 0.0871. The van der Waals surface area contributed by atoms with E-state index < -0.39 is 0 Å². The zero-order chi connectivity index (χ0) is 14.8. The molecule has 1 aliphatic heterocycles. The maximum atomic E-state index is 7.45. The van der Waals surface area contributed by atoms with Gasteiger partial charge in [-0.25, -0.2) is 4.98 Å². The molecule has 0 bridgehead atoms. The van der Waals surface area contributed by atoms with Gasteiger partial charge < -0.3 is 20.5 Å². The van der Waals surface area contributed by atoms with Gasteiger partial charge >= 0.3 is 0 Å². The van der Waals surface area contributed by atoms with Gasteiger partial charge in [-0.2, -0.15) is 4.98 Å². The molecule has 2 aromatic heterocycles. The lowest BCUT2D eigenvalue weighted by molar-refractivity contribution is 0.354. The largest absolute Gasteiger partial charge is 0.373 e. The molecular formula is C13H17N7O. The van der Waals surface area contributed by atoms with Crippen molar-refractivity contribution in [2.75, 3.05) is 25.5 Å². The SMILES string of the molecule is CNc1ccc(-c2noc([C@@H]3CCN(C(=N)N)C3)n2)cn1. The van der Waals surface area contributed by atoms with Crippen LogP contribution >= 0.6 is 0 Å². The van der Waals surface area contributed by atoms with Gasteiger partial charge in [0.25, 0.3) is 0 Å². The number of rotatable bonds is 3. The third-order valence-electron chi connectivity index (χ3n) is 3.60. The molecule has 21 heavy (non-hydrogen) atoms. The summed E-state index contributed by atoms with van der Waals surface area (Å²) in [5.74, 6) is 2.12. The highest BCUT2D eigenvalue weighted by molar-refractivity contribution is 5.75. The first kappa shape index (κ1) is 13.3. The van der Waals surface area contributed by atoms with E-state index in [0.717, 1.165) is 24.3 Å².